The molecule has 0 radical (unpaired) electrons. The van der Waals surface area contributed by atoms with Crippen LogP contribution in [-0.2, 0) is 4.79 Å². The van der Waals surface area contributed by atoms with Crippen molar-refractivity contribution in [2.24, 2.45) is 0 Å². The number of carbonyl (C=O) groups is 2. The topological polar surface area (TPSA) is 61.9 Å². The lowest BCUT2D eigenvalue weighted by Crippen LogP contribution is -2.66. The zero-order valence-electron chi connectivity index (χ0n) is 16.0. The molecule has 0 bridgehead atoms. The molecule has 1 aromatic rings. The molecule has 6 nitrogen and oxygen atoms in total. The van der Waals surface area contributed by atoms with Gasteiger partial charge in [-0.1, -0.05) is 19.3 Å². The quantitative estimate of drug-likeness (QED) is 0.798. The lowest BCUT2D eigenvalue weighted by atomic mass is 9.78. The Morgan fingerprint density at radius 3 is 2.64 bits per heavy atom. The van der Waals surface area contributed by atoms with E-state index in [4.69, 9.17) is 4.74 Å². The van der Waals surface area contributed by atoms with E-state index in [2.05, 4.69) is 5.32 Å². The Labute approximate surface area is 162 Å². The monoisotopic (exact) mass is 393 g/mol. The molecule has 3 amide bonds. The first-order valence-corrected chi connectivity index (χ1v) is 9.85. The van der Waals surface area contributed by atoms with Gasteiger partial charge in [-0.3, -0.25) is 4.79 Å². The fraction of sp³-hybridized carbons (Fsp3) is 0.600. The minimum atomic E-state index is -0.719. The fourth-order valence-corrected chi connectivity index (χ4v) is 4.91. The normalized spacial score (nSPS) is 23.3. The van der Waals surface area contributed by atoms with Crippen molar-refractivity contribution in [3.8, 4) is 5.75 Å². The van der Waals surface area contributed by atoms with Crippen molar-refractivity contribution in [2.45, 2.75) is 50.6 Å². The standard InChI is InChI=1S/C20H25F2N3O3/c1-13(26)25-8-7-24(12-20(25)5-3-2-4-6-20)19(27)23-16-11-28-17-10-14(21)9-15(22)18(16)17/h9-10,16H,2-8,11-12H2,1H3,(H,23,27). The van der Waals surface area contributed by atoms with Crippen LogP contribution >= 0.6 is 0 Å². The van der Waals surface area contributed by atoms with E-state index in [1.54, 1.807) is 11.8 Å². The third kappa shape index (κ3) is 3.29. The molecule has 1 saturated heterocycles. The minimum Gasteiger partial charge on any atom is -0.490 e. The summed E-state index contributed by atoms with van der Waals surface area (Å²) in [6.07, 6.45) is 5.00. The summed E-state index contributed by atoms with van der Waals surface area (Å²) in [6.45, 7) is 3.06. The van der Waals surface area contributed by atoms with Crippen molar-refractivity contribution in [3.05, 3.63) is 29.3 Å². The first-order valence-electron chi connectivity index (χ1n) is 9.85. The third-order valence-corrected chi connectivity index (χ3v) is 6.21. The average molecular weight is 393 g/mol. The zero-order valence-corrected chi connectivity index (χ0v) is 16.0. The highest BCUT2D eigenvalue weighted by Gasteiger charge is 2.45. The Hall–Kier alpha value is -2.38. The maximum Gasteiger partial charge on any atom is 0.318 e. The van der Waals surface area contributed by atoms with Crippen LogP contribution in [0.2, 0.25) is 0 Å². The SMILES string of the molecule is CC(=O)N1CCN(C(=O)NC2COc3cc(F)cc(F)c32)CC12CCCCC2. The highest BCUT2D eigenvalue weighted by molar-refractivity contribution is 5.77. The number of nitrogens with zero attached hydrogens (tertiary/aromatic N) is 2. The summed E-state index contributed by atoms with van der Waals surface area (Å²) in [6, 6.07) is 0.970. The van der Waals surface area contributed by atoms with E-state index in [9.17, 15) is 18.4 Å². The Bertz CT molecular complexity index is 795. The lowest BCUT2D eigenvalue weighted by molar-refractivity contribution is -0.141. The van der Waals surface area contributed by atoms with Gasteiger partial charge in [0.25, 0.3) is 0 Å². The van der Waals surface area contributed by atoms with E-state index >= 15 is 0 Å². The number of piperazine rings is 1. The van der Waals surface area contributed by atoms with Gasteiger partial charge in [0.15, 0.2) is 0 Å². The van der Waals surface area contributed by atoms with Gasteiger partial charge in [-0.2, -0.15) is 0 Å². The molecule has 0 aromatic heterocycles. The minimum absolute atomic E-state index is 0.0455. The van der Waals surface area contributed by atoms with Gasteiger partial charge in [0, 0.05) is 38.7 Å². The van der Waals surface area contributed by atoms with Crippen LogP contribution in [0, 0.1) is 11.6 Å². The molecule has 152 valence electrons. The molecule has 8 heteroatoms. The molecule has 1 spiro atoms. The highest BCUT2D eigenvalue weighted by Crippen LogP contribution is 2.38. The Balaban J connectivity index is 1.49. The van der Waals surface area contributed by atoms with Crippen LogP contribution < -0.4 is 10.1 Å². The van der Waals surface area contributed by atoms with Crippen LogP contribution in [-0.4, -0.2) is 53.5 Å². The molecule has 1 aliphatic carbocycles. The number of nitrogens with one attached hydrogen (secondary N) is 1. The van der Waals surface area contributed by atoms with Crippen LogP contribution in [0.3, 0.4) is 0 Å². The molecule has 3 aliphatic rings. The molecule has 1 unspecified atom stereocenters. The van der Waals surface area contributed by atoms with Crippen molar-refractivity contribution >= 4 is 11.9 Å². The molecule has 2 fully saturated rings. The number of halogens is 2. The molecule has 28 heavy (non-hydrogen) atoms. The van der Waals surface area contributed by atoms with Gasteiger partial charge in [0.05, 0.1) is 17.1 Å². The molecule has 1 aromatic carbocycles. The van der Waals surface area contributed by atoms with E-state index in [0.717, 1.165) is 44.2 Å². The molecule has 1 saturated carbocycles. The van der Waals surface area contributed by atoms with Gasteiger partial charge in [-0.15, -0.1) is 0 Å². The molecular weight excluding hydrogens is 368 g/mol. The predicted molar refractivity (Wildman–Crippen MR) is 97.9 cm³/mol. The van der Waals surface area contributed by atoms with E-state index in [0.29, 0.717) is 19.6 Å². The summed E-state index contributed by atoms with van der Waals surface area (Å²) in [7, 11) is 0. The van der Waals surface area contributed by atoms with Crippen molar-refractivity contribution in [2.75, 3.05) is 26.2 Å². The molecule has 2 heterocycles. The molecule has 1 N–H and O–H groups in total. The number of rotatable bonds is 1. The smallest absolute Gasteiger partial charge is 0.318 e. The summed E-state index contributed by atoms with van der Waals surface area (Å²) in [5, 5.41) is 2.83. The van der Waals surface area contributed by atoms with Crippen molar-refractivity contribution < 1.29 is 23.1 Å². The second-order valence-corrected chi connectivity index (χ2v) is 7.99. The van der Waals surface area contributed by atoms with Gasteiger partial charge in [0.2, 0.25) is 5.91 Å². The predicted octanol–water partition coefficient (Wildman–Crippen LogP) is 2.97. The van der Waals surface area contributed by atoms with Gasteiger partial charge >= 0.3 is 6.03 Å². The van der Waals surface area contributed by atoms with Gasteiger partial charge in [-0.25, -0.2) is 13.6 Å². The Morgan fingerprint density at radius 2 is 1.93 bits per heavy atom. The first-order chi connectivity index (χ1) is 13.4. The second-order valence-electron chi connectivity index (χ2n) is 7.99. The van der Waals surface area contributed by atoms with E-state index in [-0.39, 0.29) is 35.4 Å². The average Bonchev–Trinajstić information content (AvgIpc) is 3.04. The molecule has 1 atom stereocenters. The maximum atomic E-state index is 14.2. The first kappa shape index (κ1) is 19.0. The van der Waals surface area contributed by atoms with Crippen molar-refractivity contribution in [3.63, 3.8) is 0 Å². The van der Waals surface area contributed by atoms with Crippen LogP contribution in [0.15, 0.2) is 12.1 Å². The number of fused-ring (bicyclic) bond motifs is 1. The zero-order chi connectivity index (χ0) is 19.9. The summed E-state index contributed by atoms with van der Waals surface area (Å²) in [4.78, 5) is 28.7. The summed E-state index contributed by atoms with van der Waals surface area (Å²) < 4.78 is 32.9. The summed E-state index contributed by atoms with van der Waals surface area (Å²) in [5.74, 6) is -1.25. The van der Waals surface area contributed by atoms with Crippen LogP contribution in [0.5, 0.6) is 5.75 Å². The number of ether oxygens (including phenoxy) is 1. The van der Waals surface area contributed by atoms with Crippen LogP contribution in [0.4, 0.5) is 13.6 Å². The van der Waals surface area contributed by atoms with Gasteiger partial charge in [0.1, 0.15) is 24.0 Å². The van der Waals surface area contributed by atoms with Crippen LogP contribution in [0.25, 0.3) is 0 Å². The Kier molecular flexibility index (Phi) is 4.89. The van der Waals surface area contributed by atoms with Gasteiger partial charge in [-0.05, 0) is 12.8 Å². The van der Waals surface area contributed by atoms with E-state index < -0.39 is 17.7 Å². The molecule has 4 rings (SSSR count). The van der Waals surface area contributed by atoms with Crippen molar-refractivity contribution in [1.82, 2.24) is 15.1 Å². The number of hydrogen-bond acceptors (Lipinski definition) is 3. The van der Waals surface area contributed by atoms with E-state index in [1.165, 1.54) is 0 Å². The lowest BCUT2D eigenvalue weighted by Gasteiger charge is -2.52. The number of carbonyl (C=O) groups excluding carboxylic acids is 2. The molecular formula is C20H25F2N3O3. The van der Waals surface area contributed by atoms with E-state index in [1.807, 2.05) is 4.90 Å². The van der Waals surface area contributed by atoms with Crippen molar-refractivity contribution in [1.29, 1.82) is 0 Å². The number of benzene rings is 1. The van der Waals surface area contributed by atoms with Crippen LogP contribution in [0.1, 0.15) is 50.6 Å². The number of amides is 3. The Morgan fingerprint density at radius 1 is 1.18 bits per heavy atom. The number of urea groups is 1. The highest BCUT2D eigenvalue weighted by atomic mass is 19.1. The largest absolute Gasteiger partial charge is 0.490 e. The number of hydrogen-bond donors (Lipinski definition) is 1. The second kappa shape index (κ2) is 7.22. The molecule has 2 aliphatic heterocycles. The summed E-state index contributed by atoms with van der Waals surface area (Å²) >= 11 is 0. The van der Waals surface area contributed by atoms with Gasteiger partial charge < -0.3 is 19.9 Å². The fourth-order valence-electron chi connectivity index (χ4n) is 4.91. The maximum absolute atomic E-state index is 14.2. The summed E-state index contributed by atoms with van der Waals surface area (Å²) in [5.41, 5.74) is -0.123. The third-order valence-electron chi connectivity index (χ3n) is 6.21.